The maximum atomic E-state index is 10.5. The van der Waals surface area contributed by atoms with Gasteiger partial charge in [-0.2, -0.15) is 0 Å². The van der Waals surface area contributed by atoms with Gasteiger partial charge in [0.1, 0.15) is 5.60 Å². The minimum Gasteiger partial charge on any atom is -0.462 e. The lowest BCUT2D eigenvalue weighted by Gasteiger charge is -2.22. The van der Waals surface area contributed by atoms with E-state index in [1.165, 1.54) is 48.8 Å². The summed E-state index contributed by atoms with van der Waals surface area (Å²) in [5.41, 5.74) is 4.43. The van der Waals surface area contributed by atoms with Crippen molar-refractivity contribution in [2.24, 2.45) is 5.41 Å². The SMILES string of the molecule is Cc1cc(CCCCCC(C)(C)C)cc(CCCCC(C)(C)OC=O)c1. The van der Waals surface area contributed by atoms with Crippen LogP contribution in [0.1, 0.15) is 96.3 Å². The van der Waals surface area contributed by atoms with Crippen LogP contribution in [-0.2, 0) is 22.4 Å². The van der Waals surface area contributed by atoms with Gasteiger partial charge >= 0.3 is 0 Å². The summed E-state index contributed by atoms with van der Waals surface area (Å²) in [6, 6.07) is 7.05. The zero-order valence-corrected chi connectivity index (χ0v) is 18.0. The van der Waals surface area contributed by atoms with Crippen molar-refractivity contribution in [2.75, 3.05) is 0 Å². The van der Waals surface area contributed by atoms with E-state index in [0.29, 0.717) is 11.9 Å². The molecule has 1 rings (SSSR count). The second kappa shape index (κ2) is 10.7. The summed E-state index contributed by atoms with van der Waals surface area (Å²) >= 11 is 0. The molecule has 0 unspecified atom stereocenters. The highest BCUT2D eigenvalue weighted by molar-refractivity contribution is 5.38. The normalized spacial score (nSPS) is 12.2. The Morgan fingerprint density at radius 2 is 1.35 bits per heavy atom. The van der Waals surface area contributed by atoms with Crippen molar-refractivity contribution in [2.45, 2.75) is 105 Å². The molecule has 0 aromatic heterocycles. The topological polar surface area (TPSA) is 26.3 Å². The summed E-state index contributed by atoms with van der Waals surface area (Å²) < 4.78 is 5.12. The molecular formula is C24H40O2. The number of aryl methyl sites for hydroxylation is 3. The van der Waals surface area contributed by atoms with Crippen molar-refractivity contribution < 1.29 is 9.53 Å². The molecule has 0 fully saturated rings. The molecule has 0 radical (unpaired) electrons. The number of carbonyl (C=O) groups excluding carboxylic acids is 1. The first-order chi connectivity index (χ1) is 12.1. The Morgan fingerprint density at radius 3 is 1.88 bits per heavy atom. The molecule has 0 N–H and O–H groups in total. The third kappa shape index (κ3) is 10.6. The van der Waals surface area contributed by atoms with E-state index in [0.717, 1.165) is 25.7 Å². The standard InChI is InChI=1S/C24H40O2/c1-20-16-21(12-8-7-10-14-23(2,3)4)18-22(17-20)13-9-11-15-24(5,6)26-19-25/h16-19H,7-15H2,1-6H3. The highest BCUT2D eigenvalue weighted by Crippen LogP contribution is 2.23. The van der Waals surface area contributed by atoms with Gasteiger partial charge in [0.2, 0.25) is 0 Å². The molecule has 1 aromatic rings. The predicted octanol–water partition coefficient (Wildman–Crippen LogP) is 6.81. The summed E-state index contributed by atoms with van der Waals surface area (Å²) in [5, 5.41) is 0. The summed E-state index contributed by atoms with van der Waals surface area (Å²) in [6.07, 6.45) is 10.7. The second-order valence-corrected chi connectivity index (χ2v) is 9.63. The maximum Gasteiger partial charge on any atom is 0.293 e. The fourth-order valence-electron chi connectivity index (χ4n) is 3.47. The zero-order valence-electron chi connectivity index (χ0n) is 18.0. The predicted molar refractivity (Wildman–Crippen MR) is 112 cm³/mol. The molecule has 0 heterocycles. The van der Waals surface area contributed by atoms with Gasteiger partial charge < -0.3 is 4.74 Å². The first kappa shape index (κ1) is 22.7. The zero-order chi connectivity index (χ0) is 19.6. The van der Waals surface area contributed by atoms with Gasteiger partial charge in [-0.3, -0.25) is 4.79 Å². The molecule has 1 aromatic carbocycles. The third-order valence-electron chi connectivity index (χ3n) is 4.95. The van der Waals surface area contributed by atoms with Crippen LogP contribution in [0.2, 0.25) is 0 Å². The Labute approximate surface area is 161 Å². The Hall–Kier alpha value is -1.31. The average Bonchev–Trinajstić information content (AvgIpc) is 2.49. The van der Waals surface area contributed by atoms with Crippen molar-refractivity contribution in [1.29, 1.82) is 0 Å². The van der Waals surface area contributed by atoms with Crippen LogP contribution in [0.5, 0.6) is 0 Å². The number of carbonyl (C=O) groups is 1. The number of rotatable bonds is 12. The van der Waals surface area contributed by atoms with E-state index >= 15 is 0 Å². The van der Waals surface area contributed by atoms with Gasteiger partial charge in [0.15, 0.2) is 0 Å². The minimum atomic E-state index is -0.341. The van der Waals surface area contributed by atoms with Crippen LogP contribution in [0.25, 0.3) is 0 Å². The van der Waals surface area contributed by atoms with Gasteiger partial charge in [0, 0.05) is 0 Å². The molecule has 148 valence electrons. The molecule has 0 aliphatic rings. The molecule has 0 spiro atoms. The van der Waals surface area contributed by atoms with Gasteiger partial charge in [-0.05, 0) is 82.3 Å². The van der Waals surface area contributed by atoms with Gasteiger partial charge in [-0.25, -0.2) is 0 Å². The quantitative estimate of drug-likeness (QED) is 0.302. The largest absolute Gasteiger partial charge is 0.462 e. The lowest BCUT2D eigenvalue weighted by molar-refractivity contribution is -0.140. The minimum absolute atomic E-state index is 0.341. The summed E-state index contributed by atoms with van der Waals surface area (Å²) in [4.78, 5) is 10.5. The van der Waals surface area contributed by atoms with Crippen molar-refractivity contribution in [3.8, 4) is 0 Å². The number of hydrogen-bond acceptors (Lipinski definition) is 2. The molecule has 0 atom stereocenters. The van der Waals surface area contributed by atoms with Gasteiger partial charge in [0.05, 0.1) is 0 Å². The molecular weight excluding hydrogens is 320 g/mol. The summed E-state index contributed by atoms with van der Waals surface area (Å²) in [7, 11) is 0. The first-order valence-corrected chi connectivity index (χ1v) is 10.3. The Balaban J connectivity index is 2.38. The Morgan fingerprint density at radius 1 is 0.808 bits per heavy atom. The van der Waals surface area contributed by atoms with Crippen LogP contribution in [-0.4, -0.2) is 12.1 Å². The number of unbranched alkanes of at least 4 members (excludes halogenated alkanes) is 3. The van der Waals surface area contributed by atoms with Crippen LogP contribution in [0, 0.1) is 12.3 Å². The van der Waals surface area contributed by atoms with Crippen LogP contribution >= 0.6 is 0 Å². The van der Waals surface area contributed by atoms with E-state index in [1.807, 2.05) is 13.8 Å². The van der Waals surface area contributed by atoms with Crippen LogP contribution in [0.4, 0.5) is 0 Å². The molecule has 0 saturated carbocycles. The first-order valence-electron chi connectivity index (χ1n) is 10.3. The summed E-state index contributed by atoms with van der Waals surface area (Å²) in [6.45, 7) is 13.7. The molecule has 0 aliphatic carbocycles. The van der Waals surface area contributed by atoms with E-state index in [-0.39, 0.29) is 5.60 Å². The lowest BCUT2D eigenvalue weighted by atomic mass is 9.89. The Bertz CT molecular complexity index is 538. The lowest BCUT2D eigenvalue weighted by Crippen LogP contribution is -2.23. The van der Waals surface area contributed by atoms with Crippen molar-refractivity contribution in [3.05, 3.63) is 34.9 Å². The highest BCUT2D eigenvalue weighted by Gasteiger charge is 2.17. The summed E-state index contributed by atoms with van der Waals surface area (Å²) in [5.74, 6) is 0. The smallest absolute Gasteiger partial charge is 0.293 e. The molecule has 2 heteroatoms. The maximum absolute atomic E-state index is 10.5. The van der Waals surface area contributed by atoms with E-state index in [9.17, 15) is 4.79 Å². The van der Waals surface area contributed by atoms with Crippen molar-refractivity contribution >= 4 is 6.47 Å². The van der Waals surface area contributed by atoms with E-state index in [2.05, 4.69) is 45.9 Å². The molecule has 0 bridgehead atoms. The van der Waals surface area contributed by atoms with E-state index < -0.39 is 0 Å². The van der Waals surface area contributed by atoms with Crippen LogP contribution in [0.3, 0.4) is 0 Å². The van der Waals surface area contributed by atoms with Crippen LogP contribution in [0.15, 0.2) is 18.2 Å². The fourth-order valence-corrected chi connectivity index (χ4v) is 3.47. The highest BCUT2D eigenvalue weighted by atomic mass is 16.5. The van der Waals surface area contributed by atoms with Crippen LogP contribution < -0.4 is 0 Å². The van der Waals surface area contributed by atoms with Gasteiger partial charge in [-0.1, -0.05) is 57.4 Å². The molecule has 0 amide bonds. The molecule has 26 heavy (non-hydrogen) atoms. The Kier molecular flexibility index (Phi) is 9.39. The number of ether oxygens (including phenoxy) is 1. The third-order valence-corrected chi connectivity index (χ3v) is 4.95. The number of hydrogen-bond donors (Lipinski definition) is 0. The van der Waals surface area contributed by atoms with Gasteiger partial charge in [0.25, 0.3) is 6.47 Å². The fraction of sp³-hybridized carbons (Fsp3) is 0.708. The molecule has 0 saturated heterocycles. The molecule has 0 aliphatic heterocycles. The monoisotopic (exact) mass is 360 g/mol. The molecule has 2 nitrogen and oxygen atoms in total. The van der Waals surface area contributed by atoms with Gasteiger partial charge in [-0.15, -0.1) is 0 Å². The van der Waals surface area contributed by atoms with E-state index in [4.69, 9.17) is 4.74 Å². The van der Waals surface area contributed by atoms with Crippen molar-refractivity contribution in [3.63, 3.8) is 0 Å². The average molecular weight is 361 g/mol. The number of benzene rings is 1. The second-order valence-electron chi connectivity index (χ2n) is 9.63. The van der Waals surface area contributed by atoms with Crippen molar-refractivity contribution in [1.82, 2.24) is 0 Å². The van der Waals surface area contributed by atoms with E-state index in [1.54, 1.807) is 0 Å².